The molecule has 1 heterocycles. The van der Waals surface area contributed by atoms with Gasteiger partial charge in [0.05, 0.1) is 0 Å². The van der Waals surface area contributed by atoms with Gasteiger partial charge in [0.25, 0.3) is 0 Å². The third-order valence-electron chi connectivity index (χ3n) is 1.82. The van der Waals surface area contributed by atoms with Crippen LogP contribution in [0.15, 0.2) is 12.2 Å². The van der Waals surface area contributed by atoms with Crippen molar-refractivity contribution in [2.75, 3.05) is 6.54 Å². The minimum atomic E-state index is -0.864. The smallest absolute Gasteiger partial charge is 0.328 e. The second kappa shape index (κ2) is 4.13. The molecule has 1 unspecified atom stereocenters. The van der Waals surface area contributed by atoms with E-state index in [0.29, 0.717) is 0 Å². The van der Waals surface area contributed by atoms with Gasteiger partial charge in [0.1, 0.15) is 0 Å². The molecule has 1 saturated heterocycles. The fraction of sp³-hybridized carbons (Fsp3) is 0.625. The van der Waals surface area contributed by atoms with E-state index in [-0.39, 0.29) is 6.04 Å². The van der Waals surface area contributed by atoms with Crippen molar-refractivity contribution in [3.05, 3.63) is 12.2 Å². The molecule has 0 amide bonds. The van der Waals surface area contributed by atoms with E-state index in [1.807, 2.05) is 0 Å². The van der Waals surface area contributed by atoms with E-state index in [2.05, 4.69) is 5.32 Å². The molecule has 1 fully saturated rings. The van der Waals surface area contributed by atoms with Crippen LogP contribution in [0.1, 0.15) is 19.3 Å². The summed E-state index contributed by atoms with van der Waals surface area (Å²) in [5.41, 5.74) is 0. The van der Waals surface area contributed by atoms with Crippen LogP contribution < -0.4 is 5.32 Å². The number of nitrogens with one attached hydrogen (secondary N) is 1. The standard InChI is InChI=1S/C8H13NO2/c10-8(11)5-4-7-3-1-2-6-9-7/h4-5,7,9H,1-3,6H2,(H,10,11). The van der Waals surface area contributed by atoms with Crippen LogP contribution in [-0.2, 0) is 4.79 Å². The molecule has 0 radical (unpaired) electrons. The monoisotopic (exact) mass is 155 g/mol. The Kier molecular flexibility index (Phi) is 3.11. The number of hydrogen-bond acceptors (Lipinski definition) is 2. The van der Waals surface area contributed by atoms with Crippen molar-refractivity contribution >= 4 is 5.97 Å². The number of rotatable bonds is 2. The van der Waals surface area contributed by atoms with Crippen molar-refractivity contribution in [1.82, 2.24) is 5.32 Å². The van der Waals surface area contributed by atoms with Crippen LogP contribution in [0.5, 0.6) is 0 Å². The first-order valence-electron chi connectivity index (χ1n) is 3.93. The summed E-state index contributed by atoms with van der Waals surface area (Å²) >= 11 is 0. The molecule has 1 rings (SSSR count). The number of carboxylic acids is 1. The topological polar surface area (TPSA) is 49.3 Å². The number of carbonyl (C=O) groups is 1. The highest BCUT2D eigenvalue weighted by Crippen LogP contribution is 2.07. The zero-order valence-electron chi connectivity index (χ0n) is 6.42. The zero-order chi connectivity index (χ0) is 8.10. The normalized spacial score (nSPS) is 25.6. The van der Waals surface area contributed by atoms with Gasteiger partial charge in [-0.1, -0.05) is 12.5 Å². The lowest BCUT2D eigenvalue weighted by atomic mass is 10.0. The minimum absolute atomic E-state index is 0.278. The maximum Gasteiger partial charge on any atom is 0.328 e. The van der Waals surface area contributed by atoms with Gasteiger partial charge in [0.15, 0.2) is 0 Å². The van der Waals surface area contributed by atoms with E-state index >= 15 is 0 Å². The third kappa shape index (κ3) is 3.18. The average molecular weight is 155 g/mol. The molecule has 3 heteroatoms. The number of carboxylic acid groups (broad SMARTS) is 1. The Balaban J connectivity index is 2.29. The van der Waals surface area contributed by atoms with Gasteiger partial charge in [-0.2, -0.15) is 0 Å². The summed E-state index contributed by atoms with van der Waals surface area (Å²) < 4.78 is 0. The molecule has 62 valence electrons. The molecule has 1 aliphatic rings. The summed E-state index contributed by atoms with van der Waals surface area (Å²) in [6, 6.07) is 0.278. The van der Waals surface area contributed by atoms with Gasteiger partial charge in [-0.25, -0.2) is 4.79 Å². The number of piperidine rings is 1. The highest BCUT2D eigenvalue weighted by molar-refractivity contribution is 5.79. The van der Waals surface area contributed by atoms with Gasteiger partial charge >= 0.3 is 5.97 Å². The van der Waals surface area contributed by atoms with Gasteiger partial charge in [-0.15, -0.1) is 0 Å². The Morgan fingerprint density at radius 2 is 2.36 bits per heavy atom. The van der Waals surface area contributed by atoms with E-state index < -0.39 is 5.97 Å². The number of hydrogen-bond donors (Lipinski definition) is 2. The van der Waals surface area contributed by atoms with Crippen LogP contribution in [-0.4, -0.2) is 23.7 Å². The fourth-order valence-electron chi connectivity index (χ4n) is 1.24. The third-order valence-corrected chi connectivity index (χ3v) is 1.82. The molecule has 0 aromatic carbocycles. The van der Waals surface area contributed by atoms with Crippen molar-refractivity contribution in [3.63, 3.8) is 0 Å². The maximum atomic E-state index is 10.1. The maximum absolute atomic E-state index is 10.1. The Hall–Kier alpha value is -0.830. The molecule has 11 heavy (non-hydrogen) atoms. The van der Waals surface area contributed by atoms with Crippen molar-refractivity contribution in [2.45, 2.75) is 25.3 Å². The molecule has 0 saturated carbocycles. The van der Waals surface area contributed by atoms with E-state index in [0.717, 1.165) is 13.0 Å². The van der Waals surface area contributed by atoms with E-state index in [1.165, 1.54) is 18.9 Å². The molecular formula is C8H13NO2. The van der Waals surface area contributed by atoms with Crippen molar-refractivity contribution in [3.8, 4) is 0 Å². The average Bonchev–Trinajstić information content (AvgIpc) is 2.03. The highest BCUT2D eigenvalue weighted by Gasteiger charge is 2.08. The van der Waals surface area contributed by atoms with E-state index in [4.69, 9.17) is 5.11 Å². The lowest BCUT2D eigenvalue weighted by Gasteiger charge is -2.19. The minimum Gasteiger partial charge on any atom is -0.478 e. The largest absolute Gasteiger partial charge is 0.478 e. The Morgan fingerprint density at radius 3 is 2.91 bits per heavy atom. The second-order valence-electron chi connectivity index (χ2n) is 2.75. The summed E-state index contributed by atoms with van der Waals surface area (Å²) in [5, 5.41) is 11.6. The Morgan fingerprint density at radius 1 is 1.55 bits per heavy atom. The van der Waals surface area contributed by atoms with Gasteiger partial charge in [0.2, 0.25) is 0 Å². The van der Waals surface area contributed by atoms with Gasteiger partial charge in [0, 0.05) is 12.1 Å². The predicted octanol–water partition coefficient (Wildman–Crippen LogP) is 0.769. The van der Waals surface area contributed by atoms with Gasteiger partial charge in [-0.3, -0.25) is 0 Å². The first-order valence-corrected chi connectivity index (χ1v) is 3.93. The highest BCUT2D eigenvalue weighted by atomic mass is 16.4. The molecule has 3 nitrogen and oxygen atoms in total. The zero-order valence-corrected chi connectivity index (χ0v) is 6.42. The number of aliphatic carboxylic acids is 1. The van der Waals surface area contributed by atoms with Crippen LogP contribution in [0.4, 0.5) is 0 Å². The van der Waals surface area contributed by atoms with Gasteiger partial charge < -0.3 is 10.4 Å². The van der Waals surface area contributed by atoms with Crippen LogP contribution in [0.2, 0.25) is 0 Å². The van der Waals surface area contributed by atoms with E-state index in [9.17, 15) is 4.79 Å². The lowest BCUT2D eigenvalue weighted by molar-refractivity contribution is -0.131. The molecule has 0 spiro atoms. The van der Waals surface area contributed by atoms with Crippen LogP contribution in [0, 0.1) is 0 Å². The Labute approximate surface area is 66.1 Å². The first-order chi connectivity index (χ1) is 5.29. The van der Waals surface area contributed by atoms with Gasteiger partial charge in [-0.05, 0) is 19.4 Å². The summed E-state index contributed by atoms with van der Waals surface area (Å²) in [4.78, 5) is 10.1. The molecule has 0 aromatic rings. The van der Waals surface area contributed by atoms with Crippen LogP contribution in [0.25, 0.3) is 0 Å². The molecular weight excluding hydrogens is 142 g/mol. The molecule has 2 N–H and O–H groups in total. The SMILES string of the molecule is O=C(O)C=CC1CCCCN1. The second-order valence-corrected chi connectivity index (χ2v) is 2.75. The summed E-state index contributed by atoms with van der Waals surface area (Å²) in [6.45, 7) is 1.01. The quantitative estimate of drug-likeness (QED) is 0.579. The lowest BCUT2D eigenvalue weighted by Crippen LogP contribution is -2.32. The summed E-state index contributed by atoms with van der Waals surface area (Å²) in [5.74, 6) is -0.864. The molecule has 0 aromatic heterocycles. The van der Waals surface area contributed by atoms with Crippen molar-refractivity contribution in [1.29, 1.82) is 0 Å². The van der Waals surface area contributed by atoms with Crippen LogP contribution >= 0.6 is 0 Å². The predicted molar refractivity (Wildman–Crippen MR) is 42.4 cm³/mol. The fourth-order valence-corrected chi connectivity index (χ4v) is 1.24. The summed E-state index contributed by atoms with van der Waals surface area (Å²) in [6.07, 6.45) is 6.40. The van der Waals surface area contributed by atoms with E-state index in [1.54, 1.807) is 6.08 Å². The molecule has 0 aliphatic carbocycles. The van der Waals surface area contributed by atoms with Crippen molar-refractivity contribution < 1.29 is 9.90 Å². The van der Waals surface area contributed by atoms with Crippen molar-refractivity contribution in [2.24, 2.45) is 0 Å². The molecule has 0 bridgehead atoms. The Bertz CT molecular complexity index is 159. The molecule has 1 aliphatic heterocycles. The van der Waals surface area contributed by atoms with Crippen LogP contribution in [0.3, 0.4) is 0 Å². The first kappa shape index (κ1) is 8.27. The molecule has 1 atom stereocenters. The summed E-state index contributed by atoms with van der Waals surface area (Å²) in [7, 11) is 0.